The number of nitrogens with one attached hydrogen (secondary N) is 1. The zero-order valence-corrected chi connectivity index (χ0v) is 17.8. The largest absolute Gasteiger partial charge is 0.504 e. The number of aromatic hydroxyl groups is 1. The van der Waals surface area contributed by atoms with Gasteiger partial charge in [-0.15, -0.1) is 0 Å². The van der Waals surface area contributed by atoms with Gasteiger partial charge in [0.2, 0.25) is 0 Å². The Labute approximate surface area is 171 Å². The predicted octanol–water partition coefficient (Wildman–Crippen LogP) is 4.23. The molecule has 0 bridgehead atoms. The van der Waals surface area contributed by atoms with E-state index >= 15 is 0 Å². The third-order valence-corrected chi connectivity index (χ3v) is 6.28. The molecule has 2 aliphatic carbocycles. The molecule has 5 nitrogen and oxygen atoms in total. The van der Waals surface area contributed by atoms with E-state index in [-0.39, 0.29) is 34.1 Å². The Kier molecular flexibility index (Phi) is 4.41. The molecule has 2 unspecified atom stereocenters. The highest BCUT2D eigenvalue weighted by atomic mass is 16.5. The zero-order valence-electron chi connectivity index (χ0n) is 17.8. The number of phenolic OH excluding ortho intramolecular Hbond substituents is 1. The van der Waals surface area contributed by atoms with Crippen LogP contribution in [-0.4, -0.2) is 23.8 Å². The van der Waals surface area contributed by atoms with Crippen LogP contribution in [0, 0.1) is 16.7 Å². The van der Waals surface area contributed by atoms with Gasteiger partial charge in [0, 0.05) is 35.7 Å². The summed E-state index contributed by atoms with van der Waals surface area (Å²) in [5.74, 6) is -0.151. The Bertz CT molecular complexity index is 967. The Hall–Kier alpha value is -2.56. The number of phenols is 1. The van der Waals surface area contributed by atoms with Crippen LogP contribution >= 0.6 is 0 Å². The molecule has 2 N–H and O–H groups in total. The number of Topliss-reactive ketones (excluding diaryl/α,β-unsaturated/α-hetero) is 2. The van der Waals surface area contributed by atoms with Gasteiger partial charge in [0.1, 0.15) is 5.78 Å². The number of methoxy groups -OCH3 is 1. The van der Waals surface area contributed by atoms with Crippen LogP contribution in [-0.2, 0) is 9.59 Å². The molecule has 29 heavy (non-hydrogen) atoms. The normalized spacial score (nSPS) is 27.6. The molecular weight excluding hydrogens is 366 g/mol. The molecule has 1 heterocycles. The van der Waals surface area contributed by atoms with Gasteiger partial charge in [-0.3, -0.25) is 9.59 Å². The first-order valence-electron chi connectivity index (χ1n) is 10.2. The molecule has 0 saturated carbocycles. The van der Waals surface area contributed by atoms with Crippen LogP contribution in [0.3, 0.4) is 0 Å². The number of rotatable bonds is 2. The fraction of sp³-hybridized carbons (Fsp3) is 0.500. The molecule has 0 amide bonds. The lowest BCUT2D eigenvalue weighted by Gasteiger charge is -2.45. The lowest BCUT2D eigenvalue weighted by atomic mass is 9.62. The second-order valence-electron chi connectivity index (χ2n) is 10.1. The third-order valence-electron chi connectivity index (χ3n) is 6.28. The number of carbonyl (C=O) groups excluding carboxylic acids is 2. The molecule has 0 radical (unpaired) electrons. The van der Waals surface area contributed by atoms with Gasteiger partial charge in [-0.05, 0) is 34.9 Å². The van der Waals surface area contributed by atoms with Crippen molar-refractivity contribution in [3.63, 3.8) is 0 Å². The first-order valence-corrected chi connectivity index (χ1v) is 10.2. The van der Waals surface area contributed by atoms with Crippen LogP contribution in [0.5, 0.6) is 11.5 Å². The summed E-state index contributed by atoms with van der Waals surface area (Å²) in [4.78, 5) is 26.5. The van der Waals surface area contributed by atoms with E-state index in [0.717, 1.165) is 23.4 Å². The van der Waals surface area contributed by atoms with Gasteiger partial charge in [0.15, 0.2) is 17.3 Å². The second kappa shape index (κ2) is 6.48. The van der Waals surface area contributed by atoms with Crippen LogP contribution < -0.4 is 10.1 Å². The summed E-state index contributed by atoms with van der Waals surface area (Å²) in [5.41, 5.74) is 3.02. The van der Waals surface area contributed by atoms with Crippen molar-refractivity contribution in [2.45, 2.75) is 52.9 Å². The highest BCUT2D eigenvalue weighted by Crippen LogP contribution is 2.52. The average molecular weight is 395 g/mol. The number of fused-ring (bicyclic) bond motifs is 1. The number of benzene rings is 1. The van der Waals surface area contributed by atoms with E-state index < -0.39 is 5.92 Å². The van der Waals surface area contributed by atoms with E-state index in [9.17, 15) is 14.7 Å². The fourth-order valence-electron chi connectivity index (χ4n) is 5.17. The fourth-order valence-corrected chi connectivity index (χ4v) is 5.17. The van der Waals surface area contributed by atoms with Gasteiger partial charge in [0.05, 0.1) is 13.0 Å². The van der Waals surface area contributed by atoms with Crippen molar-refractivity contribution in [3.8, 4) is 11.5 Å². The number of allylic oxidation sites excluding steroid dienone is 4. The molecular formula is C24H29NO4. The standard InChI is InChI=1S/C24H29NO4/c1-23(2)9-14-21(17(27)11-23)20(13-6-7-16(26)19(8-13)29-5)22-15(25-14)10-24(3,4)12-18(22)28/h6-9,20-21,25-26H,10-12H2,1-5H3. The predicted molar refractivity (Wildman–Crippen MR) is 111 cm³/mol. The molecule has 2 atom stereocenters. The van der Waals surface area contributed by atoms with E-state index in [1.165, 1.54) is 7.11 Å². The van der Waals surface area contributed by atoms with Gasteiger partial charge >= 0.3 is 0 Å². The topological polar surface area (TPSA) is 75.6 Å². The summed E-state index contributed by atoms with van der Waals surface area (Å²) in [6.45, 7) is 8.33. The Morgan fingerprint density at radius 3 is 2.48 bits per heavy atom. The van der Waals surface area contributed by atoms with Gasteiger partial charge in [0.25, 0.3) is 0 Å². The van der Waals surface area contributed by atoms with Crippen molar-refractivity contribution in [1.29, 1.82) is 0 Å². The van der Waals surface area contributed by atoms with E-state index in [4.69, 9.17) is 4.74 Å². The summed E-state index contributed by atoms with van der Waals surface area (Å²) in [6, 6.07) is 5.14. The Morgan fingerprint density at radius 2 is 1.79 bits per heavy atom. The maximum atomic E-state index is 13.3. The molecule has 0 aromatic heterocycles. The highest BCUT2D eigenvalue weighted by Gasteiger charge is 2.49. The number of carbonyl (C=O) groups is 2. The Morgan fingerprint density at radius 1 is 1.07 bits per heavy atom. The first kappa shape index (κ1) is 19.7. The van der Waals surface area contributed by atoms with Crippen molar-refractivity contribution < 1.29 is 19.4 Å². The van der Waals surface area contributed by atoms with Crippen molar-refractivity contribution in [2.24, 2.45) is 16.7 Å². The van der Waals surface area contributed by atoms with Crippen LogP contribution in [0.2, 0.25) is 0 Å². The van der Waals surface area contributed by atoms with Crippen LogP contribution in [0.4, 0.5) is 0 Å². The molecule has 3 aliphatic rings. The summed E-state index contributed by atoms with van der Waals surface area (Å²) in [7, 11) is 1.50. The van der Waals surface area contributed by atoms with E-state index in [1.807, 2.05) is 0 Å². The van der Waals surface area contributed by atoms with Gasteiger partial charge in [-0.25, -0.2) is 0 Å². The molecule has 0 spiro atoms. The van der Waals surface area contributed by atoms with Crippen LogP contribution in [0.1, 0.15) is 58.4 Å². The van der Waals surface area contributed by atoms with Crippen LogP contribution in [0.15, 0.2) is 41.2 Å². The molecule has 1 aliphatic heterocycles. The van der Waals surface area contributed by atoms with E-state index in [1.54, 1.807) is 18.2 Å². The van der Waals surface area contributed by atoms with Crippen LogP contribution in [0.25, 0.3) is 0 Å². The molecule has 0 fully saturated rings. The van der Waals surface area contributed by atoms with Crippen molar-refractivity contribution in [2.75, 3.05) is 7.11 Å². The average Bonchev–Trinajstić information content (AvgIpc) is 2.58. The number of hydrogen-bond acceptors (Lipinski definition) is 5. The third kappa shape index (κ3) is 3.37. The Balaban J connectivity index is 1.94. The van der Waals surface area contributed by atoms with Gasteiger partial charge in [-0.1, -0.05) is 39.8 Å². The summed E-state index contributed by atoms with van der Waals surface area (Å²) >= 11 is 0. The molecule has 0 saturated heterocycles. The number of hydrogen-bond donors (Lipinski definition) is 2. The second-order valence-corrected chi connectivity index (χ2v) is 10.1. The maximum absolute atomic E-state index is 13.3. The minimum atomic E-state index is -0.416. The molecule has 4 rings (SSSR count). The molecule has 1 aromatic carbocycles. The van der Waals surface area contributed by atoms with E-state index in [0.29, 0.717) is 24.2 Å². The first-order chi connectivity index (χ1) is 13.5. The van der Waals surface area contributed by atoms with Gasteiger partial charge < -0.3 is 15.2 Å². The monoisotopic (exact) mass is 395 g/mol. The number of ether oxygens (including phenoxy) is 1. The number of ketones is 2. The van der Waals surface area contributed by atoms with E-state index in [2.05, 4.69) is 39.1 Å². The quantitative estimate of drug-likeness (QED) is 0.784. The molecule has 154 valence electrons. The van der Waals surface area contributed by atoms with Crippen molar-refractivity contribution in [1.82, 2.24) is 5.32 Å². The summed E-state index contributed by atoms with van der Waals surface area (Å²) < 4.78 is 5.30. The highest BCUT2D eigenvalue weighted by molar-refractivity contribution is 6.01. The minimum absolute atomic E-state index is 0.0439. The SMILES string of the molecule is COc1cc(C2C3=C(CC(C)(C)CC3=O)NC3=CC(C)(C)CC(=O)C32)ccc1O. The van der Waals surface area contributed by atoms with Crippen molar-refractivity contribution >= 4 is 11.6 Å². The lowest BCUT2D eigenvalue weighted by Crippen LogP contribution is -2.46. The minimum Gasteiger partial charge on any atom is -0.504 e. The maximum Gasteiger partial charge on any atom is 0.161 e. The molecule has 1 aromatic rings. The van der Waals surface area contributed by atoms with Crippen molar-refractivity contribution in [3.05, 3.63) is 46.8 Å². The summed E-state index contributed by atoms with van der Waals surface area (Å²) in [6.07, 6.45) is 3.82. The van der Waals surface area contributed by atoms with Gasteiger partial charge in [-0.2, -0.15) is 0 Å². The molecule has 5 heteroatoms. The summed E-state index contributed by atoms with van der Waals surface area (Å²) in [5, 5.41) is 13.5. The smallest absolute Gasteiger partial charge is 0.161 e. The zero-order chi connectivity index (χ0) is 21.1. The lowest BCUT2D eigenvalue weighted by molar-refractivity contribution is -0.125.